The summed E-state index contributed by atoms with van der Waals surface area (Å²) in [4.78, 5) is 0. The quantitative estimate of drug-likeness (QED) is 0.587. The number of benzene rings is 2. The predicted octanol–water partition coefficient (Wildman–Crippen LogP) is 5.01. The Hall–Kier alpha value is -2.98. The van der Waals surface area contributed by atoms with Crippen LogP contribution in [0, 0.1) is 42.6 Å². The highest BCUT2D eigenvalue weighted by molar-refractivity contribution is 6.31. The van der Waals surface area contributed by atoms with Crippen molar-refractivity contribution in [3.63, 3.8) is 0 Å². The van der Waals surface area contributed by atoms with Gasteiger partial charge >= 0.3 is 0 Å². The van der Waals surface area contributed by atoms with Crippen LogP contribution in [0.2, 0.25) is 5.02 Å². The molecule has 0 saturated carbocycles. The molecular weight excluding hydrogens is 379 g/mol. The average molecular weight is 392 g/mol. The lowest BCUT2D eigenvalue weighted by molar-refractivity contribution is 0.280. The second-order valence-electron chi connectivity index (χ2n) is 5.80. The highest BCUT2D eigenvalue weighted by atomic mass is 35.5. The molecule has 27 heavy (non-hydrogen) atoms. The molecule has 0 N–H and O–H groups in total. The molecule has 2 aromatic carbocycles. The summed E-state index contributed by atoms with van der Waals surface area (Å²) in [6.07, 6.45) is 0. The normalized spacial score (nSPS) is 10.7. The molecule has 1 heterocycles. The van der Waals surface area contributed by atoms with Crippen molar-refractivity contribution in [2.24, 2.45) is 0 Å². The van der Waals surface area contributed by atoms with Gasteiger partial charge in [-0.25, -0.2) is 13.5 Å². The molecule has 0 aliphatic carbocycles. The Balaban J connectivity index is 1.90. The molecule has 1 aromatic heterocycles. The van der Waals surface area contributed by atoms with Crippen molar-refractivity contribution in [1.29, 1.82) is 5.26 Å². The highest BCUT2D eigenvalue weighted by Crippen LogP contribution is 2.26. The first-order valence-corrected chi connectivity index (χ1v) is 8.22. The van der Waals surface area contributed by atoms with E-state index in [1.165, 1.54) is 0 Å². The summed E-state index contributed by atoms with van der Waals surface area (Å²) in [6, 6.07) is 8.71. The molecule has 0 fully saturated rings. The molecule has 138 valence electrons. The first kappa shape index (κ1) is 18.8. The van der Waals surface area contributed by atoms with Crippen LogP contribution in [0.15, 0.2) is 30.3 Å². The third-order valence-electron chi connectivity index (χ3n) is 4.13. The first-order chi connectivity index (χ1) is 12.8. The molecule has 0 amide bonds. The topological polar surface area (TPSA) is 50.8 Å². The van der Waals surface area contributed by atoms with Crippen LogP contribution in [-0.2, 0) is 6.61 Å². The third kappa shape index (κ3) is 3.49. The molecule has 0 aliphatic rings. The fourth-order valence-corrected chi connectivity index (χ4v) is 2.85. The molecule has 0 spiro atoms. The number of nitrogens with zero attached hydrogens (tertiary/aromatic N) is 3. The van der Waals surface area contributed by atoms with Gasteiger partial charge in [0.2, 0.25) is 5.82 Å². The summed E-state index contributed by atoms with van der Waals surface area (Å²) >= 11 is 6.07. The number of nitriles is 1. The van der Waals surface area contributed by atoms with Crippen LogP contribution in [-0.4, -0.2) is 9.78 Å². The first-order valence-electron chi connectivity index (χ1n) is 7.85. The van der Waals surface area contributed by atoms with Crippen LogP contribution in [0.25, 0.3) is 5.69 Å². The molecule has 0 bridgehead atoms. The SMILES string of the molecule is Cc1nn(-c2ccc(C#N)c(Cl)c2)c(C)c1COc1ccc(F)c(F)c1F. The molecule has 0 unspecified atom stereocenters. The number of hydrogen-bond donors (Lipinski definition) is 0. The van der Waals surface area contributed by atoms with E-state index in [1.807, 2.05) is 6.07 Å². The molecule has 0 radical (unpaired) electrons. The Morgan fingerprint density at radius 3 is 2.56 bits per heavy atom. The van der Waals surface area contributed by atoms with Gasteiger partial charge in [-0.3, -0.25) is 0 Å². The lowest BCUT2D eigenvalue weighted by Crippen LogP contribution is -2.03. The Labute approximate surface area is 158 Å². The van der Waals surface area contributed by atoms with Gasteiger partial charge in [0.25, 0.3) is 0 Å². The van der Waals surface area contributed by atoms with Gasteiger partial charge < -0.3 is 4.74 Å². The van der Waals surface area contributed by atoms with Crippen molar-refractivity contribution in [2.75, 3.05) is 0 Å². The zero-order valence-electron chi connectivity index (χ0n) is 14.4. The lowest BCUT2D eigenvalue weighted by Gasteiger charge is -2.09. The van der Waals surface area contributed by atoms with Gasteiger partial charge in [-0.05, 0) is 44.2 Å². The van der Waals surface area contributed by atoms with E-state index in [0.29, 0.717) is 33.2 Å². The maximum Gasteiger partial charge on any atom is 0.203 e. The zero-order valence-corrected chi connectivity index (χ0v) is 15.1. The summed E-state index contributed by atoms with van der Waals surface area (Å²) < 4.78 is 47.0. The predicted molar refractivity (Wildman–Crippen MR) is 93.4 cm³/mol. The highest BCUT2D eigenvalue weighted by Gasteiger charge is 2.18. The van der Waals surface area contributed by atoms with Crippen LogP contribution in [0.5, 0.6) is 5.75 Å². The third-order valence-corrected chi connectivity index (χ3v) is 4.44. The van der Waals surface area contributed by atoms with E-state index in [9.17, 15) is 13.2 Å². The van der Waals surface area contributed by atoms with Crippen molar-refractivity contribution in [3.05, 3.63) is 75.3 Å². The maximum absolute atomic E-state index is 13.8. The summed E-state index contributed by atoms with van der Waals surface area (Å²) in [5.74, 6) is -4.62. The number of halogens is 4. The van der Waals surface area contributed by atoms with Gasteiger partial charge in [-0.1, -0.05) is 11.6 Å². The van der Waals surface area contributed by atoms with Crippen molar-refractivity contribution in [3.8, 4) is 17.5 Å². The van der Waals surface area contributed by atoms with Crippen molar-refractivity contribution >= 4 is 11.6 Å². The van der Waals surface area contributed by atoms with Crippen molar-refractivity contribution < 1.29 is 17.9 Å². The van der Waals surface area contributed by atoms with Gasteiger partial charge in [0.1, 0.15) is 12.7 Å². The maximum atomic E-state index is 13.8. The van der Waals surface area contributed by atoms with E-state index in [0.717, 1.165) is 12.1 Å². The number of aryl methyl sites for hydroxylation is 1. The average Bonchev–Trinajstić information content (AvgIpc) is 2.93. The Morgan fingerprint density at radius 2 is 1.89 bits per heavy atom. The van der Waals surface area contributed by atoms with Gasteiger partial charge in [-0.15, -0.1) is 0 Å². The largest absolute Gasteiger partial charge is 0.486 e. The Morgan fingerprint density at radius 1 is 1.15 bits per heavy atom. The second kappa shape index (κ2) is 7.33. The smallest absolute Gasteiger partial charge is 0.203 e. The Bertz CT molecular complexity index is 1070. The molecule has 8 heteroatoms. The summed E-state index contributed by atoms with van der Waals surface area (Å²) in [5.41, 5.74) is 2.98. The van der Waals surface area contributed by atoms with E-state index < -0.39 is 17.5 Å². The van der Waals surface area contributed by atoms with E-state index in [4.69, 9.17) is 21.6 Å². The van der Waals surface area contributed by atoms with Gasteiger partial charge in [-0.2, -0.15) is 14.8 Å². The van der Waals surface area contributed by atoms with Gasteiger partial charge in [0.15, 0.2) is 17.4 Å². The minimum absolute atomic E-state index is 0.0797. The van der Waals surface area contributed by atoms with Gasteiger partial charge in [0, 0.05) is 11.3 Å². The second-order valence-corrected chi connectivity index (χ2v) is 6.21. The van der Waals surface area contributed by atoms with Crippen LogP contribution < -0.4 is 4.74 Å². The summed E-state index contributed by atoms with van der Waals surface area (Å²) in [6.45, 7) is 3.45. The monoisotopic (exact) mass is 391 g/mol. The number of rotatable bonds is 4. The fourth-order valence-electron chi connectivity index (χ4n) is 2.63. The van der Waals surface area contributed by atoms with E-state index in [2.05, 4.69) is 5.10 Å². The molecule has 3 aromatic rings. The standard InChI is InChI=1S/C19H13ClF3N3O/c1-10-14(9-27-17-6-5-16(21)18(22)19(17)23)11(2)26(25-10)13-4-3-12(8-24)15(20)7-13/h3-7H,9H2,1-2H3. The lowest BCUT2D eigenvalue weighted by atomic mass is 10.2. The van der Waals surface area contributed by atoms with Crippen LogP contribution in [0.1, 0.15) is 22.5 Å². The molecule has 3 rings (SSSR count). The molecule has 4 nitrogen and oxygen atoms in total. The summed E-state index contributed by atoms with van der Waals surface area (Å²) in [7, 11) is 0. The van der Waals surface area contributed by atoms with Gasteiger partial charge in [0.05, 0.1) is 22.0 Å². The molecule has 0 atom stereocenters. The number of ether oxygens (including phenoxy) is 1. The van der Waals surface area contributed by atoms with Crippen LogP contribution in [0.3, 0.4) is 0 Å². The van der Waals surface area contributed by atoms with Crippen LogP contribution >= 0.6 is 11.6 Å². The zero-order chi connectivity index (χ0) is 19.7. The van der Waals surface area contributed by atoms with Crippen molar-refractivity contribution in [1.82, 2.24) is 9.78 Å². The Kier molecular flexibility index (Phi) is 5.10. The molecule has 0 saturated heterocycles. The minimum Gasteiger partial charge on any atom is -0.486 e. The van der Waals surface area contributed by atoms with E-state index in [1.54, 1.807) is 36.7 Å². The number of aromatic nitrogens is 2. The van der Waals surface area contributed by atoms with Crippen LogP contribution in [0.4, 0.5) is 13.2 Å². The number of hydrogen-bond acceptors (Lipinski definition) is 3. The molecule has 0 aliphatic heterocycles. The summed E-state index contributed by atoms with van der Waals surface area (Å²) in [5, 5.41) is 13.7. The van der Waals surface area contributed by atoms with E-state index >= 15 is 0 Å². The fraction of sp³-hybridized carbons (Fsp3) is 0.158. The van der Waals surface area contributed by atoms with E-state index in [-0.39, 0.29) is 12.4 Å². The molecular formula is C19H13ClF3N3O. The minimum atomic E-state index is -1.58. The van der Waals surface area contributed by atoms with Crippen molar-refractivity contribution in [2.45, 2.75) is 20.5 Å².